The third-order valence-electron chi connectivity index (χ3n) is 2.32. The summed E-state index contributed by atoms with van der Waals surface area (Å²) in [5.41, 5.74) is 1.14. The second-order valence-electron chi connectivity index (χ2n) is 4.42. The van der Waals surface area contributed by atoms with Gasteiger partial charge < -0.3 is 4.74 Å². The van der Waals surface area contributed by atoms with Crippen LogP contribution in [0.1, 0.15) is 39.3 Å². The monoisotopic (exact) mass is 288 g/mol. The summed E-state index contributed by atoms with van der Waals surface area (Å²) in [5.74, 6) is 0.598. The van der Waals surface area contributed by atoms with Crippen LogP contribution < -0.4 is 0 Å². The third kappa shape index (κ3) is 4.26. The Labute approximate surface area is 106 Å². The Balaban J connectivity index is 2.52. The molecule has 0 aliphatic carbocycles. The van der Waals surface area contributed by atoms with Crippen LogP contribution in [0.2, 0.25) is 0 Å². The number of aromatic nitrogens is 2. The number of unbranched alkanes of at least 4 members (excludes halogenated alkanes) is 1. The van der Waals surface area contributed by atoms with Crippen molar-refractivity contribution in [3.63, 3.8) is 0 Å². The molecule has 1 rings (SSSR count). The fourth-order valence-corrected chi connectivity index (χ4v) is 1.86. The van der Waals surface area contributed by atoms with E-state index in [-0.39, 0.29) is 0 Å². The lowest BCUT2D eigenvalue weighted by Gasteiger charge is -2.10. The van der Waals surface area contributed by atoms with Crippen molar-refractivity contribution in [2.45, 2.75) is 46.8 Å². The maximum absolute atomic E-state index is 5.63. The predicted molar refractivity (Wildman–Crippen MR) is 69.3 cm³/mol. The van der Waals surface area contributed by atoms with Crippen molar-refractivity contribution in [1.82, 2.24) is 9.78 Å². The van der Waals surface area contributed by atoms with E-state index in [1.54, 1.807) is 0 Å². The van der Waals surface area contributed by atoms with Gasteiger partial charge in [-0.15, -0.1) is 0 Å². The number of nitrogens with zero attached hydrogens (tertiary/aromatic N) is 2. The fourth-order valence-electron chi connectivity index (χ4n) is 1.45. The number of hydrogen-bond acceptors (Lipinski definition) is 2. The standard InChI is InChI=1S/C12H21BrN2O/c1-4-5-6-16-9-12-11(13)7-14-15(12)8-10(2)3/h7,10H,4-6,8-9H2,1-3H3. The van der Waals surface area contributed by atoms with Gasteiger partial charge in [-0.2, -0.15) is 5.10 Å². The quantitative estimate of drug-likeness (QED) is 0.717. The molecule has 0 radical (unpaired) electrons. The van der Waals surface area contributed by atoms with E-state index in [2.05, 4.69) is 41.8 Å². The Bertz CT molecular complexity index is 310. The van der Waals surface area contributed by atoms with Gasteiger partial charge in [-0.25, -0.2) is 0 Å². The van der Waals surface area contributed by atoms with Crippen molar-refractivity contribution in [3.8, 4) is 0 Å². The minimum atomic E-state index is 0.598. The highest BCUT2D eigenvalue weighted by Gasteiger charge is 2.09. The van der Waals surface area contributed by atoms with Gasteiger partial charge in [0.1, 0.15) is 0 Å². The first kappa shape index (κ1) is 13.7. The van der Waals surface area contributed by atoms with Gasteiger partial charge >= 0.3 is 0 Å². The lowest BCUT2D eigenvalue weighted by Crippen LogP contribution is -2.11. The molecule has 16 heavy (non-hydrogen) atoms. The van der Waals surface area contributed by atoms with Gasteiger partial charge in [0.15, 0.2) is 0 Å². The molecule has 0 aliphatic heterocycles. The number of ether oxygens (including phenoxy) is 1. The van der Waals surface area contributed by atoms with Crippen LogP contribution >= 0.6 is 15.9 Å². The first-order valence-corrected chi connectivity index (χ1v) is 6.72. The molecule has 0 atom stereocenters. The van der Waals surface area contributed by atoms with Crippen LogP contribution in [0.25, 0.3) is 0 Å². The first-order chi connectivity index (χ1) is 7.65. The molecule has 0 spiro atoms. The Morgan fingerprint density at radius 2 is 2.25 bits per heavy atom. The van der Waals surface area contributed by atoms with Crippen LogP contribution in [0, 0.1) is 5.92 Å². The molecule has 0 aliphatic rings. The molecular formula is C12H21BrN2O. The number of hydrogen-bond donors (Lipinski definition) is 0. The molecule has 4 heteroatoms. The van der Waals surface area contributed by atoms with Gasteiger partial charge in [-0.3, -0.25) is 4.68 Å². The van der Waals surface area contributed by atoms with Gasteiger partial charge in [-0.05, 0) is 28.3 Å². The van der Waals surface area contributed by atoms with E-state index in [4.69, 9.17) is 4.74 Å². The van der Waals surface area contributed by atoms with E-state index < -0.39 is 0 Å². The second kappa shape index (κ2) is 7.07. The largest absolute Gasteiger partial charge is 0.375 e. The van der Waals surface area contributed by atoms with Crippen molar-refractivity contribution >= 4 is 15.9 Å². The Morgan fingerprint density at radius 3 is 2.88 bits per heavy atom. The van der Waals surface area contributed by atoms with Gasteiger partial charge in [-0.1, -0.05) is 27.2 Å². The molecule has 92 valence electrons. The zero-order chi connectivity index (χ0) is 12.0. The molecule has 0 N–H and O–H groups in total. The Morgan fingerprint density at radius 1 is 1.50 bits per heavy atom. The molecule has 0 saturated heterocycles. The summed E-state index contributed by atoms with van der Waals surface area (Å²) in [6.07, 6.45) is 4.14. The Hall–Kier alpha value is -0.350. The molecule has 1 heterocycles. The average Bonchev–Trinajstić information content (AvgIpc) is 2.55. The number of rotatable bonds is 7. The van der Waals surface area contributed by atoms with Crippen LogP contribution in [0.3, 0.4) is 0 Å². The van der Waals surface area contributed by atoms with E-state index in [0.29, 0.717) is 12.5 Å². The van der Waals surface area contributed by atoms with Crippen LogP contribution in [-0.4, -0.2) is 16.4 Å². The van der Waals surface area contributed by atoms with Crippen molar-refractivity contribution in [2.75, 3.05) is 6.61 Å². The second-order valence-corrected chi connectivity index (χ2v) is 5.28. The minimum Gasteiger partial charge on any atom is -0.375 e. The average molecular weight is 289 g/mol. The van der Waals surface area contributed by atoms with E-state index in [9.17, 15) is 0 Å². The molecule has 0 fully saturated rings. The summed E-state index contributed by atoms with van der Waals surface area (Å²) in [5, 5.41) is 4.34. The van der Waals surface area contributed by atoms with E-state index >= 15 is 0 Å². The normalized spacial score (nSPS) is 11.3. The predicted octanol–water partition coefficient (Wildman–Crippen LogP) is 3.62. The molecule has 0 saturated carbocycles. The zero-order valence-corrected chi connectivity index (χ0v) is 12.0. The maximum Gasteiger partial charge on any atom is 0.0896 e. The van der Waals surface area contributed by atoms with Gasteiger partial charge in [0.05, 0.1) is 23.0 Å². The molecule has 0 bridgehead atoms. The summed E-state index contributed by atoms with van der Waals surface area (Å²) in [6.45, 7) is 8.97. The van der Waals surface area contributed by atoms with Crippen molar-refractivity contribution < 1.29 is 4.74 Å². The zero-order valence-electron chi connectivity index (χ0n) is 10.4. The molecule has 0 aromatic carbocycles. The van der Waals surface area contributed by atoms with Gasteiger partial charge in [0, 0.05) is 13.2 Å². The molecule has 3 nitrogen and oxygen atoms in total. The van der Waals surface area contributed by atoms with E-state index in [1.807, 2.05) is 10.9 Å². The van der Waals surface area contributed by atoms with Crippen LogP contribution in [-0.2, 0) is 17.9 Å². The lowest BCUT2D eigenvalue weighted by atomic mass is 10.2. The SMILES string of the molecule is CCCCOCc1c(Br)cnn1CC(C)C. The summed E-state index contributed by atoms with van der Waals surface area (Å²) >= 11 is 3.51. The molecule has 0 unspecified atom stereocenters. The first-order valence-electron chi connectivity index (χ1n) is 5.93. The van der Waals surface area contributed by atoms with Crippen LogP contribution in [0.15, 0.2) is 10.7 Å². The highest BCUT2D eigenvalue weighted by atomic mass is 79.9. The number of halogens is 1. The van der Waals surface area contributed by atoms with E-state index in [1.165, 1.54) is 6.42 Å². The van der Waals surface area contributed by atoms with E-state index in [0.717, 1.165) is 29.7 Å². The minimum absolute atomic E-state index is 0.598. The Kier molecular flexibility index (Phi) is 6.06. The summed E-state index contributed by atoms with van der Waals surface area (Å²) < 4.78 is 8.71. The van der Waals surface area contributed by atoms with Crippen LogP contribution in [0.5, 0.6) is 0 Å². The van der Waals surface area contributed by atoms with Crippen LogP contribution in [0.4, 0.5) is 0 Å². The summed E-state index contributed by atoms with van der Waals surface area (Å²) in [6, 6.07) is 0. The topological polar surface area (TPSA) is 27.1 Å². The highest BCUT2D eigenvalue weighted by molar-refractivity contribution is 9.10. The van der Waals surface area contributed by atoms with Gasteiger partial charge in [0.2, 0.25) is 0 Å². The smallest absolute Gasteiger partial charge is 0.0896 e. The molecule has 0 amide bonds. The molecular weight excluding hydrogens is 268 g/mol. The molecule has 1 aromatic rings. The fraction of sp³-hybridized carbons (Fsp3) is 0.750. The summed E-state index contributed by atoms with van der Waals surface area (Å²) in [7, 11) is 0. The highest BCUT2D eigenvalue weighted by Crippen LogP contribution is 2.18. The molecule has 1 aromatic heterocycles. The van der Waals surface area contributed by atoms with Crippen molar-refractivity contribution in [2.24, 2.45) is 5.92 Å². The van der Waals surface area contributed by atoms with Crippen molar-refractivity contribution in [3.05, 3.63) is 16.4 Å². The third-order valence-corrected chi connectivity index (χ3v) is 2.98. The van der Waals surface area contributed by atoms with Crippen molar-refractivity contribution in [1.29, 1.82) is 0 Å². The maximum atomic E-state index is 5.63. The van der Waals surface area contributed by atoms with Gasteiger partial charge in [0.25, 0.3) is 0 Å². The lowest BCUT2D eigenvalue weighted by molar-refractivity contribution is 0.111. The summed E-state index contributed by atoms with van der Waals surface area (Å²) in [4.78, 5) is 0.